The van der Waals surface area contributed by atoms with Gasteiger partial charge in [-0.25, -0.2) is 18.1 Å². The molecule has 94 valence electrons. The maximum atomic E-state index is 12.0. The number of hydrogen-bond acceptors (Lipinski definition) is 5. The number of nitrogens with two attached hydrogens (primary N) is 1. The van der Waals surface area contributed by atoms with Crippen molar-refractivity contribution in [2.45, 2.75) is 22.5 Å². The van der Waals surface area contributed by atoms with Gasteiger partial charge in [0.05, 0.1) is 0 Å². The molecule has 7 heteroatoms. The summed E-state index contributed by atoms with van der Waals surface area (Å²) < 4.78 is 26.7. The SMILES string of the molecule is CSC1(CNS(=O)(=O)c2cccnc2N)CC1. The van der Waals surface area contributed by atoms with Crippen LogP contribution >= 0.6 is 11.8 Å². The summed E-state index contributed by atoms with van der Waals surface area (Å²) in [4.78, 5) is 3.83. The minimum Gasteiger partial charge on any atom is -0.383 e. The smallest absolute Gasteiger partial charge is 0.244 e. The van der Waals surface area contributed by atoms with Crippen LogP contribution in [0.15, 0.2) is 23.2 Å². The molecule has 1 saturated carbocycles. The Morgan fingerprint density at radius 1 is 1.59 bits per heavy atom. The summed E-state index contributed by atoms with van der Waals surface area (Å²) in [6.07, 6.45) is 5.58. The molecule has 1 aliphatic rings. The monoisotopic (exact) mass is 273 g/mol. The van der Waals surface area contributed by atoms with Gasteiger partial charge >= 0.3 is 0 Å². The van der Waals surface area contributed by atoms with Crippen LogP contribution < -0.4 is 10.5 Å². The van der Waals surface area contributed by atoms with Gasteiger partial charge < -0.3 is 5.73 Å². The number of nitrogen functional groups attached to an aromatic ring is 1. The van der Waals surface area contributed by atoms with Gasteiger partial charge in [-0.15, -0.1) is 0 Å². The number of anilines is 1. The van der Waals surface area contributed by atoms with Crippen molar-refractivity contribution < 1.29 is 8.42 Å². The summed E-state index contributed by atoms with van der Waals surface area (Å²) in [5, 5.41) is 0. The lowest BCUT2D eigenvalue weighted by Crippen LogP contribution is -2.32. The molecule has 0 spiro atoms. The Hall–Kier alpha value is -0.790. The van der Waals surface area contributed by atoms with Crippen LogP contribution in [0.25, 0.3) is 0 Å². The number of sulfonamides is 1. The number of hydrogen-bond donors (Lipinski definition) is 2. The van der Waals surface area contributed by atoms with Crippen LogP contribution in [-0.2, 0) is 10.0 Å². The van der Waals surface area contributed by atoms with E-state index in [-0.39, 0.29) is 15.5 Å². The molecule has 5 nitrogen and oxygen atoms in total. The molecule has 1 heterocycles. The van der Waals surface area contributed by atoms with Gasteiger partial charge in [0.15, 0.2) is 0 Å². The van der Waals surface area contributed by atoms with Crippen molar-refractivity contribution in [3.05, 3.63) is 18.3 Å². The van der Waals surface area contributed by atoms with Crippen molar-refractivity contribution >= 4 is 27.6 Å². The zero-order valence-electron chi connectivity index (χ0n) is 9.51. The van der Waals surface area contributed by atoms with Crippen LogP contribution in [0.5, 0.6) is 0 Å². The Kier molecular flexibility index (Phi) is 3.33. The van der Waals surface area contributed by atoms with Crippen molar-refractivity contribution in [2.24, 2.45) is 0 Å². The summed E-state index contributed by atoms with van der Waals surface area (Å²) in [5.74, 6) is 0.0361. The van der Waals surface area contributed by atoms with E-state index in [2.05, 4.69) is 9.71 Å². The van der Waals surface area contributed by atoms with Crippen LogP contribution in [0.3, 0.4) is 0 Å². The third-order valence-electron chi connectivity index (χ3n) is 2.91. The molecule has 1 aromatic rings. The maximum Gasteiger partial charge on any atom is 0.244 e. The third-order valence-corrected chi connectivity index (χ3v) is 5.78. The lowest BCUT2D eigenvalue weighted by molar-refractivity contribution is 0.580. The van der Waals surface area contributed by atoms with Crippen LogP contribution in [0.4, 0.5) is 5.82 Å². The predicted molar refractivity (Wildman–Crippen MR) is 69.3 cm³/mol. The first-order chi connectivity index (χ1) is 7.99. The minimum absolute atomic E-state index is 0.0361. The number of aromatic nitrogens is 1. The molecule has 1 aromatic heterocycles. The minimum atomic E-state index is -3.55. The van der Waals surface area contributed by atoms with E-state index < -0.39 is 10.0 Å². The van der Waals surface area contributed by atoms with E-state index in [1.54, 1.807) is 17.8 Å². The maximum absolute atomic E-state index is 12.0. The number of nitrogens with one attached hydrogen (secondary N) is 1. The summed E-state index contributed by atoms with van der Waals surface area (Å²) in [5.41, 5.74) is 5.56. The lowest BCUT2D eigenvalue weighted by Gasteiger charge is -2.13. The molecule has 2 rings (SSSR count). The Morgan fingerprint density at radius 3 is 2.82 bits per heavy atom. The van der Waals surface area contributed by atoms with E-state index in [9.17, 15) is 8.42 Å². The van der Waals surface area contributed by atoms with Gasteiger partial charge in [-0.1, -0.05) is 0 Å². The van der Waals surface area contributed by atoms with Crippen LogP contribution in [-0.4, -0.2) is 30.9 Å². The van der Waals surface area contributed by atoms with Crippen LogP contribution in [0, 0.1) is 0 Å². The number of thioether (sulfide) groups is 1. The number of rotatable bonds is 5. The van der Waals surface area contributed by atoms with E-state index in [1.165, 1.54) is 12.3 Å². The van der Waals surface area contributed by atoms with Crippen LogP contribution in [0.2, 0.25) is 0 Å². The molecule has 17 heavy (non-hydrogen) atoms. The molecule has 1 aliphatic carbocycles. The molecule has 0 radical (unpaired) electrons. The Bertz CT molecular complexity index is 512. The Balaban J connectivity index is 2.12. The zero-order valence-corrected chi connectivity index (χ0v) is 11.1. The van der Waals surface area contributed by atoms with E-state index in [0.717, 1.165) is 12.8 Å². The number of pyridine rings is 1. The second-order valence-electron chi connectivity index (χ2n) is 4.10. The molecule has 0 atom stereocenters. The second-order valence-corrected chi connectivity index (χ2v) is 7.11. The molecule has 0 aliphatic heterocycles. The molecule has 0 unspecified atom stereocenters. The predicted octanol–water partition coefficient (Wildman–Crippen LogP) is 0.838. The Labute approximate surface area is 105 Å². The van der Waals surface area contributed by atoms with E-state index in [1.807, 2.05) is 6.26 Å². The quantitative estimate of drug-likeness (QED) is 0.830. The highest BCUT2D eigenvalue weighted by molar-refractivity contribution is 8.00. The van der Waals surface area contributed by atoms with Gasteiger partial charge in [0.1, 0.15) is 10.7 Å². The van der Waals surface area contributed by atoms with Gasteiger partial charge in [-0.05, 0) is 31.2 Å². The molecule has 0 saturated heterocycles. The van der Waals surface area contributed by atoms with E-state index in [0.29, 0.717) is 6.54 Å². The highest BCUT2D eigenvalue weighted by Gasteiger charge is 2.42. The number of nitrogens with zero attached hydrogens (tertiary/aromatic N) is 1. The topological polar surface area (TPSA) is 85.1 Å². The van der Waals surface area contributed by atoms with Crippen molar-refractivity contribution in [1.29, 1.82) is 0 Å². The van der Waals surface area contributed by atoms with Crippen molar-refractivity contribution in [1.82, 2.24) is 9.71 Å². The highest BCUT2D eigenvalue weighted by Crippen LogP contribution is 2.46. The summed E-state index contributed by atoms with van der Waals surface area (Å²) in [7, 11) is -3.55. The fourth-order valence-corrected chi connectivity index (χ4v) is 3.55. The fraction of sp³-hybridized carbons (Fsp3) is 0.500. The van der Waals surface area contributed by atoms with Gasteiger partial charge in [-0.2, -0.15) is 11.8 Å². The molecular formula is C10H15N3O2S2. The molecule has 1 fully saturated rings. The molecule has 0 aromatic carbocycles. The van der Waals surface area contributed by atoms with Gasteiger partial charge in [-0.3, -0.25) is 0 Å². The fourth-order valence-electron chi connectivity index (χ4n) is 1.53. The first kappa shape index (κ1) is 12.7. The normalized spacial score (nSPS) is 17.9. The second kappa shape index (κ2) is 4.47. The summed E-state index contributed by atoms with van der Waals surface area (Å²) >= 11 is 1.70. The van der Waals surface area contributed by atoms with E-state index >= 15 is 0 Å². The average Bonchev–Trinajstić information content (AvgIpc) is 3.08. The molecule has 3 N–H and O–H groups in total. The Morgan fingerprint density at radius 2 is 2.29 bits per heavy atom. The van der Waals surface area contributed by atoms with Crippen molar-refractivity contribution in [2.75, 3.05) is 18.5 Å². The van der Waals surface area contributed by atoms with Gasteiger partial charge in [0.25, 0.3) is 0 Å². The zero-order chi connectivity index (χ0) is 12.5. The standard InChI is InChI=1S/C10H15N3O2S2/c1-16-10(4-5-10)7-13-17(14,15)8-3-2-6-12-9(8)11/h2-3,6,13H,4-5,7H2,1H3,(H2,11,12). The summed E-state index contributed by atoms with van der Waals surface area (Å²) in [6.45, 7) is 0.449. The first-order valence-electron chi connectivity index (χ1n) is 5.24. The van der Waals surface area contributed by atoms with Gasteiger partial charge in [0.2, 0.25) is 10.0 Å². The first-order valence-corrected chi connectivity index (χ1v) is 7.95. The van der Waals surface area contributed by atoms with Crippen molar-refractivity contribution in [3.63, 3.8) is 0 Å². The largest absolute Gasteiger partial charge is 0.383 e. The molecule has 0 bridgehead atoms. The molecule has 0 amide bonds. The third kappa shape index (κ3) is 2.72. The highest BCUT2D eigenvalue weighted by atomic mass is 32.2. The molecular weight excluding hydrogens is 258 g/mol. The van der Waals surface area contributed by atoms with E-state index in [4.69, 9.17) is 5.73 Å². The van der Waals surface area contributed by atoms with Crippen molar-refractivity contribution in [3.8, 4) is 0 Å². The average molecular weight is 273 g/mol. The summed E-state index contributed by atoms with van der Waals surface area (Å²) in [6, 6.07) is 3.02. The van der Waals surface area contributed by atoms with Gasteiger partial charge in [0, 0.05) is 17.5 Å². The lowest BCUT2D eigenvalue weighted by atomic mass is 10.4. The van der Waals surface area contributed by atoms with Crippen LogP contribution in [0.1, 0.15) is 12.8 Å².